The van der Waals surface area contributed by atoms with Crippen LogP contribution < -0.4 is 19.5 Å². The van der Waals surface area contributed by atoms with Gasteiger partial charge in [-0.05, 0) is 51.3 Å². The van der Waals surface area contributed by atoms with E-state index in [0.717, 1.165) is 26.1 Å². The molecule has 210 valence electrons. The molecule has 8 nitrogen and oxygen atoms in total. The molecule has 2 aromatic carbocycles. The molecule has 0 atom stereocenters. The number of carbonyl (C=O) groups is 1. The number of methoxy groups -OCH3 is 1. The maximum absolute atomic E-state index is 13.4. The highest BCUT2D eigenvalue weighted by Gasteiger charge is 2.42. The molecule has 0 amide bonds. The van der Waals surface area contributed by atoms with E-state index in [4.69, 9.17) is 23.9 Å². The van der Waals surface area contributed by atoms with Crippen LogP contribution in [0.4, 0.5) is 18.9 Å². The van der Waals surface area contributed by atoms with Gasteiger partial charge in [-0.2, -0.15) is 13.2 Å². The van der Waals surface area contributed by atoms with Crippen molar-refractivity contribution in [1.82, 2.24) is 9.88 Å². The molecule has 5 rings (SSSR count). The molecule has 39 heavy (non-hydrogen) atoms. The number of hydrogen-bond acceptors (Lipinski definition) is 8. The van der Waals surface area contributed by atoms with E-state index >= 15 is 0 Å². The Morgan fingerprint density at radius 1 is 1.13 bits per heavy atom. The lowest BCUT2D eigenvalue weighted by molar-refractivity contribution is -0.189. The van der Waals surface area contributed by atoms with Crippen molar-refractivity contribution in [3.63, 3.8) is 0 Å². The van der Waals surface area contributed by atoms with Crippen LogP contribution >= 0.6 is 0 Å². The van der Waals surface area contributed by atoms with Gasteiger partial charge in [0, 0.05) is 37.3 Å². The highest BCUT2D eigenvalue weighted by atomic mass is 19.4. The average molecular weight is 548 g/mol. The largest absolute Gasteiger partial charge is 0.491 e. The van der Waals surface area contributed by atoms with Crippen LogP contribution in [0.5, 0.6) is 17.2 Å². The van der Waals surface area contributed by atoms with Gasteiger partial charge in [0.15, 0.2) is 11.5 Å². The number of rotatable bonds is 9. The average Bonchev–Trinajstić information content (AvgIpc) is 3.44. The summed E-state index contributed by atoms with van der Waals surface area (Å²) in [7, 11) is 1.31. The molecule has 2 fully saturated rings. The first-order chi connectivity index (χ1) is 18.8. The second-order valence-corrected chi connectivity index (χ2v) is 9.80. The monoisotopic (exact) mass is 547 g/mol. The third-order valence-corrected chi connectivity index (χ3v) is 7.12. The Kier molecular flexibility index (Phi) is 8.27. The van der Waals surface area contributed by atoms with Gasteiger partial charge < -0.3 is 29.2 Å². The molecular weight excluding hydrogens is 515 g/mol. The van der Waals surface area contributed by atoms with E-state index in [1.165, 1.54) is 20.0 Å². The van der Waals surface area contributed by atoms with Crippen LogP contribution in [0.15, 0.2) is 30.3 Å². The number of carbonyl (C=O) groups excluding carboxylic acids is 1. The summed E-state index contributed by atoms with van der Waals surface area (Å²) in [4.78, 5) is 19.2. The molecule has 0 unspecified atom stereocenters. The van der Waals surface area contributed by atoms with Crippen LogP contribution in [0.3, 0.4) is 0 Å². The van der Waals surface area contributed by atoms with Gasteiger partial charge >= 0.3 is 12.1 Å². The van der Waals surface area contributed by atoms with Crippen LogP contribution in [0.2, 0.25) is 0 Å². The van der Waals surface area contributed by atoms with Gasteiger partial charge in [-0.15, -0.1) is 0 Å². The number of nitrogens with one attached hydrogen (secondary N) is 1. The van der Waals surface area contributed by atoms with E-state index < -0.39 is 12.1 Å². The number of fused-ring (bicyclic) bond motifs is 2. The number of hydrogen-bond donors (Lipinski definition) is 1. The number of aromatic nitrogens is 1. The smallest absolute Gasteiger partial charge is 0.490 e. The second kappa shape index (κ2) is 11.8. The highest BCUT2D eigenvalue weighted by molar-refractivity contribution is 6.12. The molecule has 0 radical (unpaired) electrons. The maximum atomic E-state index is 13.4. The van der Waals surface area contributed by atoms with Crippen LogP contribution in [-0.4, -0.2) is 74.6 Å². The number of ether oxygens (including phenoxy) is 4. The predicted molar refractivity (Wildman–Crippen MR) is 141 cm³/mol. The van der Waals surface area contributed by atoms with E-state index in [1.807, 2.05) is 24.3 Å². The maximum Gasteiger partial charge on any atom is 0.491 e. The zero-order valence-corrected chi connectivity index (χ0v) is 21.8. The SMILES string of the molecule is COc1c(OCCCN2CCCC2)cc2nc3ccccc3c(NC3CCOCC3)c2c1OC(=O)C(F)(F)F. The summed E-state index contributed by atoms with van der Waals surface area (Å²) >= 11 is 0. The Bertz CT molecular complexity index is 1320. The highest BCUT2D eigenvalue weighted by Crippen LogP contribution is 2.48. The van der Waals surface area contributed by atoms with Crippen molar-refractivity contribution in [2.24, 2.45) is 0 Å². The van der Waals surface area contributed by atoms with Crippen LogP contribution in [0.1, 0.15) is 32.1 Å². The Morgan fingerprint density at radius 3 is 2.59 bits per heavy atom. The molecule has 0 spiro atoms. The number of para-hydroxylation sites is 1. The van der Waals surface area contributed by atoms with E-state index in [1.54, 1.807) is 6.07 Å². The van der Waals surface area contributed by atoms with E-state index in [0.29, 0.717) is 54.8 Å². The van der Waals surface area contributed by atoms with Crippen molar-refractivity contribution in [1.29, 1.82) is 0 Å². The van der Waals surface area contributed by atoms with Gasteiger partial charge in [0.1, 0.15) is 0 Å². The van der Waals surface area contributed by atoms with Crippen molar-refractivity contribution < 1.29 is 36.9 Å². The van der Waals surface area contributed by atoms with Gasteiger partial charge in [0.25, 0.3) is 0 Å². The number of anilines is 1. The number of halogens is 3. The molecule has 3 heterocycles. The molecule has 2 aliphatic rings. The standard InChI is InChI=1S/C28H32F3N3O5/c1-36-25-22(38-14-6-13-34-11-4-5-12-34)17-21-23(26(25)39-27(35)28(29,30)31)24(32-18-9-15-37-16-10-18)19-7-2-3-8-20(19)33-21/h2-3,7-8,17-18H,4-6,9-16H2,1H3,(H,32,33). The van der Waals surface area contributed by atoms with Gasteiger partial charge in [-0.25, -0.2) is 9.78 Å². The zero-order chi connectivity index (χ0) is 27.4. The first-order valence-electron chi connectivity index (χ1n) is 13.3. The Labute approximate surface area is 224 Å². The number of pyridine rings is 1. The summed E-state index contributed by atoms with van der Waals surface area (Å²) in [6.07, 6.45) is -0.701. The normalized spacial score (nSPS) is 17.0. The molecule has 3 aromatic rings. The van der Waals surface area contributed by atoms with Gasteiger partial charge in [-0.3, -0.25) is 0 Å². The predicted octanol–water partition coefficient (Wildman–Crippen LogP) is 5.32. The van der Waals surface area contributed by atoms with E-state index in [9.17, 15) is 18.0 Å². The Balaban J connectivity index is 1.61. The lowest BCUT2D eigenvalue weighted by atomic mass is 10.0. The molecule has 0 bridgehead atoms. The minimum atomic E-state index is -5.21. The molecule has 1 aromatic heterocycles. The van der Waals surface area contributed by atoms with Crippen molar-refractivity contribution >= 4 is 33.5 Å². The fraction of sp³-hybridized carbons (Fsp3) is 0.500. The van der Waals surface area contributed by atoms with Crippen molar-refractivity contribution in [2.75, 3.05) is 51.9 Å². The lowest BCUT2D eigenvalue weighted by Gasteiger charge is -2.26. The number of alkyl halides is 3. The molecule has 2 aliphatic heterocycles. The third kappa shape index (κ3) is 6.14. The number of likely N-dealkylation sites (tertiary alicyclic amines) is 1. The first-order valence-corrected chi connectivity index (χ1v) is 13.3. The summed E-state index contributed by atoms with van der Waals surface area (Å²) in [5.41, 5.74) is 1.48. The summed E-state index contributed by atoms with van der Waals surface area (Å²) < 4.78 is 62.2. The number of benzene rings is 2. The molecule has 1 N–H and O–H groups in total. The summed E-state index contributed by atoms with van der Waals surface area (Å²) in [6, 6.07) is 8.95. The Morgan fingerprint density at radius 2 is 1.87 bits per heavy atom. The fourth-order valence-corrected chi connectivity index (χ4v) is 5.20. The van der Waals surface area contributed by atoms with Crippen molar-refractivity contribution in [3.8, 4) is 17.2 Å². The second-order valence-electron chi connectivity index (χ2n) is 9.80. The van der Waals surface area contributed by atoms with Crippen LogP contribution in [0.25, 0.3) is 21.8 Å². The molecule has 0 saturated carbocycles. The first kappa shape index (κ1) is 27.3. The molecule has 2 saturated heterocycles. The van der Waals surface area contributed by atoms with E-state index in [2.05, 4.69) is 10.2 Å². The molecule has 0 aliphatic carbocycles. The van der Waals surface area contributed by atoms with Crippen LogP contribution in [0, 0.1) is 0 Å². The molecule has 11 heteroatoms. The summed E-state index contributed by atoms with van der Waals surface area (Å²) in [5.74, 6) is -2.65. The Hall–Kier alpha value is -3.31. The number of nitrogens with zero attached hydrogens (tertiary/aromatic N) is 2. The fourth-order valence-electron chi connectivity index (χ4n) is 5.20. The topological polar surface area (TPSA) is 82.2 Å². The van der Waals surface area contributed by atoms with Crippen molar-refractivity contribution in [2.45, 2.75) is 44.3 Å². The van der Waals surface area contributed by atoms with Crippen LogP contribution in [-0.2, 0) is 9.53 Å². The van der Waals surface area contributed by atoms with Gasteiger partial charge in [0.05, 0.1) is 35.8 Å². The lowest BCUT2D eigenvalue weighted by Crippen LogP contribution is -2.29. The summed E-state index contributed by atoms with van der Waals surface area (Å²) in [6.45, 7) is 4.40. The minimum absolute atomic E-state index is 0.00596. The zero-order valence-electron chi connectivity index (χ0n) is 21.8. The number of esters is 1. The molecular formula is C28H32F3N3O5. The third-order valence-electron chi connectivity index (χ3n) is 7.12. The van der Waals surface area contributed by atoms with Gasteiger partial charge in [-0.1, -0.05) is 18.2 Å². The minimum Gasteiger partial charge on any atom is -0.490 e. The van der Waals surface area contributed by atoms with Crippen molar-refractivity contribution in [3.05, 3.63) is 30.3 Å². The summed E-state index contributed by atoms with van der Waals surface area (Å²) in [5, 5.41) is 4.38. The quantitative estimate of drug-likeness (QED) is 0.167. The van der Waals surface area contributed by atoms with Gasteiger partial charge in [0.2, 0.25) is 5.75 Å². The van der Waals surface area contributed by atoms with E-state index in [-0.39, 0.29) is 28.7 Å².